The van der Waals surface area contributed by atoms with Crippen molar-refractivity contribution < 1.29 is 4.79 Å². The summed E-state index contributed by atoms with van der Waals surface area (Å²) in [6, 6.07) is 3.46. The molecule has 0 spiro atoms. The maximum absolute atomic E-state index is 12.0. The summed E-state index contributed by atoms with van der Waals surface area (Å²) in [5, 5.41) is 3.02. The van der Waals surface area contributed by atoms with Gasteiger partial charge in [-0.3, -0.25) is 4.79 Å². The molecule has 18 heavy (non-hydrogen) atoms. The lowest BCUT2D eigenvalue weighted by atomic mass is 9.98. The second-order valence-corrected chi connectivity index (χ2v) is 5.48. The summed E-state index contributed by atoms with van der Waals surface area (Å²) >= 11 is 0. The minimum absolute atomic E-state index is 0.0908. The molecule has 3 N–H and O–H groups in total. The highest BCUT2D eigenvalue weighted by atomic mass is 16.1. The Labute approximate surface area is 107 Å². The molecule has 96 valence electrons. The molecular formula is C14H19N3O. The van der Waals surface area contributed by atoms with Crippen molar-refractivity contribution in [3.05, 3.63) is 23.9 Å². The monoisotopic (exact) mass is 245 g/mol. The summed E-state index contributed by atoms with van der Waals surface area (Å²) < 4.78 is 0. The number of nitrogens with two attached hydrogens (primary N) is 1. The maximum atomic E-state index is 12.0. The number of hydrogen-bond donors (Lipinski definition) is 2. The van der Waals surface area contributed by atoms with Crippen molar-refractivity contribution >= 4 is 11.7 Å². The van der Waals surface area contributed by atoms with Crippen LogP contribution in [0.4, 0.5) is 5.82 Å². The van der Waals surface area contributed by atoms with Crippen molar-refractivity contribution in [1.82, 2.24) is 10.3 Å². The smallest absolute Gasteiger partial charge is 0.255 e. The van der Waals surface area contributed by atoms with E-state index in [0.717, 1.165) is 18.4 Å². The van der Waals surface area contributed by atoms with Gasteiger partial charge in [-0.15, -0.1) is 0 Å². The van der Waals surface area contributed by atoms with Crippen molar-refractivity contribution in [3.8, 4) is 0 Å². The van der Waals surface area contributed by atoms with Gasteiger partial charge in [0.05, 0.1) is 5.56 Å². The molecule has 4 nitrogen and oxygen atoms in total. The molecule has 2 aliphatic carbocycles. The molecule has 1 aromatic heterocycles. The third-order valence-corrected chi connectivity index (χ3v) is 4.04. The predicted molar refractivity (Wildman–Crippen MR) is 69.9 cm³/mol. The Hall–Kier alpha value is -1.58. The number of hydrogen-bond acceptors (Lipinski definition) is 3. The van der Waals surface area contributed by atoms with Gasteiger partial charge < -0.3 is 11.1 Å². The molecule has 0 saturated heterocycles. The van der Waals surface area contributed by atoms with Gasteiger partial charge in [-0.05, 0) is 55.6 Å². The van der Waals surface area contributed by atoms with Gasteiger partial charge in [-0.2, -0.15) is 0 Å². The van der Waals surface area contributed by atoms with Crippen LogP contribution >= 0.6 is 0 Å². The van der Waals surface area contributed by atoms with Gasteiger partial charge in [0.15, 0.2) is 0 Å². The summed E-state index contributed by atoms with van der Waals surface area (Å²) in [6.07, 6.45) is 6.96. The van der Waals surface area contributed by atoms with Gasteiger partial charge in [0.1, 0.15) is 5.82 Å². The van der Waals surface area contributed by atoms with Gasteiger partial charge in [0.2, 0.25) is 0 Å². The van der Waals surface area contributed by atoms with E-state index < -0.39 is 0 Å². The van der Waals surface area contributed by atoms with Crippen molar-refractivity contribution in [2.24, 2.45) is 17.8 Å². The minimum atomic E-state index is -0.0908. The first-order chi connectivity index (χ1) is 8.75. The van der Waals surface area contributed by atoms with Crippen LogP contribution in [0.3, 0.4) is 0 Å². The zero-order valence-corrected chi connectivity index (χ0v) is 10.4. The highest BCUT2D eigenvalue weighted by Gasteiger charge is 2.41. The largest absolute Gasteiger partial charge is 0.383 e. The highest BCUT2D eigenvalue weighted by molar-refractivity contribution is 5.98. The molecule has 2 aliphatic rings. The molecule has 2 saturated carbocycles. The minimum Gasteiger partial charge on any atom is -0.383 e. The Balaban J connectivity index is 1.59. The van der Waals surface area contributed by atoms with Gasteiger partial charge in [0, 0.05) is 12.7 Å². The summed E-state index contributed by atoms with van der Waals surface area (Å²) in [5.74, 6) is 2.61. The number of amides is 1. The number of nitrogen functional groups attached to an aromatic ring is 1. The third kappa shape index (κ3) is 2.47. The average Bonchev–Trinajstić information content (AvgIpc) is 3.24. The first-order valence-electron chi connectivity index (χ1n) is 6.74. The van der Waals surface area contributed by atoms with Crippen molar-refractivity contribution in [1.29, 1.82) is 0 Å². The Morgan fingerprint density at radius 3 is 2.61 bits per heavy atom. The molecule has 0 radical (unpaired) electrons. The highest BCUT2D eigenvalue weighted by Crippen LogP contribution is 2.48. The van der Waals surface area contributed by atoms with Crippen LogP contribution in [0.15, 0.2) is 18.3 Å². The van der Waals surface area contributed by atoms with E-state index in [-0.39, 0.29) is 5.91 Å². The second-order valence-electron chi connectivity index (χ2n) is 5.48. The van der Waals surface area contributed by atoms with E-state index in [4.69, 9.17) is 5.73 Å². The number of carbonyl (C=O) groups is 1. The normalized spacial score (nSPS) is 18.9. The molecule has 1 amide bonds. The third-order valence-electron chi connectivity index (χ3n) is 4.04. The molecule has 4 heteroatoms. The molecule has 0 aromatic carbocycles. The van der Waals surface area contributed by atoms with Crippen LogP contribution in [-0.4, -0.2) is 17.4 Å². The van der Waals surface area contributed by atoms with Crippen LogP contribution in [0.5, 0.6) is 0 Å². The fraction of sp³-hybridized carbons (Fsp3) is 0.571. The van der Waals surface area contributed by atoms with Crippen molar-refractivity contribution in [2.75, 3.05) is 12.3 Å². The number of nitrogens with zero attached hydrogens (tertiary/aromatic N) is 1. The van der Waals surface area contributed by atoms with E-state index in [0.29, 0.717) is 17.3 Å². The molecule has 3 rings (SSSR count). The maximum Gasteiger partial charge on any atom is 0.255 e. The molecule has 1 heterocycles. The lowest BCUT2D eigenvalue weighted by Crippen LogP contribution is -2.31. The molecular weight excluding hydrogens is 226 g/mol. The van der Waals surface area contributed by atoms with Gasteiger partial charge in [-0.25, -0.2) is 4.98 Å². The van der Waals surface area contributed by atoms with Crippen LogP contribution in [-0.2, 0) is 0 Å². The Morgan fingerprint density at radius 1 is 1.39 bits per heavy atom. The summed E-state index contributed by atoms with van der Waals surface area (Å²) in [7, 11) is 0. The fourth-order valence-electron chi connectivity index (χ4n) is 2.68. The van der Waals surface area contributed by atoms with Crippen LogP contribution in [0.1, 0.15) is 36.0 Å². The number of nitrogens with one attached hydrogen (secondary N) is 1. The second kappa shape index (κ2) is 4.59. The lowest BCUT2D eigenvalue weighted by molar-refractivity contribution is 0.0944. The van der Waals surface area contributed by atoms with E-state index in [2.05, 4.69) is 10.3 Å². The van der Waals surface area contributed by atoms with Crippen LogP contribution in [0.25, 0.3) is 0 Å². The van der Waals surface area contributed by atoms with Crippen LogP contribution in [0.2, 0.25) is 0 Å². The summed E-state index contributed by atoms with van der Waals surface area (Å²) in [6.45, 7) is 0.794. The van der Waals surface area contributed by atoms with Crippen LogP contribution < -0.4 is 11.1 Å². The van der Waals surface area contributed by atoms with Gasteiger partial charge in [-0.1, -0.05) is 0 Å². The molecule has 1 aromatic rings. The quantitative estimate of drug-likeness (QED) is 0.831. The van der Waals surface area contributed by atoms with E-state index in [1.807, 2.05) is 0 Å². The Morgan fingerprint density at radius 2 is 2.06 bits per heavy atom. The zero-order chi connectivity index (χ0) is 12.5. The summed E-state index contributed by atoms with van der Waals surface area (Å²) in [4.78, 5) is 16.0. The van der Waals surface area contributed by atoms with E-state index >= 15 is 0 Å². The van der Waals surface area contributed by atoms with E-state index in [9.17, 15) is 4.79 Å². The standard InChI is InChI=1S/C14H19N3O/c15-13-11(2-1-7-16-13)14(18)17-8-12(9-3-4-9)10-5-6-10/h1-2,7,9-10,12H,3-6,8H2,(H2,15,16)(H,17,18). The number of rotatable bonds is 5. The Bertz CT molecular complexity index is 440. The number of pyridine rings is 1. The van der Waals surface area contributed by atoms with Gasteiger partial charge >= 0.3 is 0 Å². The lowest BCUT2D eigenvalue weighted by Gasteiger charge is -2.16. The first kappa shape index (κ1) is 11.5. The molecule has 0 unspecified atom stereocenters. The molecule has 0 bridgehead atoms. The predicted octanol–water partition coefficient (Wildman–Crippen LogP) is 1.83. The molecule has 0 aliphatic heterocycles. The molecule has 2 fully saturated rings. The van der Waals surface area contributed by atoms with Crippen molar-refractivity contribution in [2.45, 2.75) is 25.7 Å². The number of anilines is 1. The summed E-state index contributed by atoms with van der Waals surface area (Å²) in [5.41, 5.74) is 6.19. The molecule has 0 atom stereocenters. The van der Waals surface area contributed by atoms with E-state index in [1.165, 1.54) is 25.7 Å². The van der Waals surface area contributed by atoms with Crippen LogP contribution in [0, 0.1) is 17.8 Å². The van der Waals surface area contributed by atoms with Crippen molar-refractivity contribution in [3.63, 3.8) is 0 Å². The first-order valence-corrected chi connectivity index (χ1v) is 6.74. The SMILES string of the molecule is Nc1ncccc1C(=O)NCC(C1CC1)C1CC1. The number of carbonyl (C=O) groups excluding carboxylic acids is 1. The van der Waals surface area contributed by atoms with E-state index in [1.54, 1.807) is 18.3 Å². The van der Waals surface area contributed by atoms with Gasteiger partial charge in [0.25, 0.3) is 5.91 Å². The topological polar surface area (TPSA) is 68.0 Å². The Kier molecular flexibility index (Phi) is 2.94. The number of aromatic nitrogens is 1. The fourth-order valence-corrected chi connectivity index (χ4v) is 2.68. The zero-order valence-electron chi connectivity index (χ0n) is 10.4. The average molecular weight is 245 g/mol.